The summed E-state index contributed by atoms with van der Waals surface area (Å²) in [7, 11) is 0. The van der Waals surface area contributed by atoms with Gasteiger partial charge in [0.05, 0.1) is 6.61 Å². The lowest BCUT2D eigenvalue weighted by Gasteiger charge is -2.16. The molecule has 1 aromatic heterocycles. The van der Waals surface area contributed by atoms with Crippen molar-refractivity contribution < 1.29 is 4.74 Å². The number of ether oxygens (including phenoxy) is 1. The second kappa shape index (κ2) is 3.20. The van der Waals surface area contributed by atoms with E-state index in [0.29, 0.717) is 0 Å². The van der Waals surface area contributed by atoms with Gasteiger partial charge in [0.1, 0.15) is 11.4 Å². The normalized spacial score (nSPS) is 29.5. The Bertz CT molecular complexity index is 350. The number of anilines is 1. The van der Waals surface area contributed by atoms with Crippen LogP contribution in [0.5, 0.6) is 0 Å². The topological polar surface area (TPSA) is 28.7 Å². The molecule has 2 saturated heterocycles. The Morgan fingerprint density at radius 1 is 1.33 bits per heavy atom. The van der Waals surface area contributed by atoms with Gasteiger partial charge in [-0.25, -0.2) is 4.98 Å². The number of epoxide rings is 1. The first kappa shape index (κ1) is 9.16. The van der Waals surface area contributed by atoms with Crippen molar-refractivity contribution in [2.24, 2.45) is 0 Å². The van der Waals surface area contributed by atoms with Crippen molar-refractivity contribution in [1.82, 2.24) is 4.98 Å². The molecular weight excluding hydrogens is 188 g/mol. The van der Waals surface area contributed by atoms with Crippen molar-refractivity contribution >= 4 is 5.82 Å². The summed E-state index contributed by atoms with van der Waals surface area (Å²) in [5.74, 6) is 1.11. The molecule has 3 nitrogen and oxygen atoms in total. The van der Waals surface area contributed by atoms with E-state index in [-0.39, 0.29) is 5.60 Å². The third-order valence-electron chi connectivity index (χ3n) is 3.37. The predicted molar refractivity (Wildman–Crippen MR) is 59.0 cm³/mol. The fourth-order valence-corrected chi connectivity index (χ4v) is 2.11. The van der Waals surface area contributed by atoms with E-state index in [2.05, 4.69) is 28.9 Å². The number of aromatic nitrogens is 1. The van der Waals surface area contributed by atoms with Gasteiger partial charge in [-0.05, 0) is 25.8 Å². The van der Waals surface area contributed by atoms with Crippen molar-refractivity contribution in [3.8, 4) is 0 Å². The SMILES string of the molecule is CC1(c2ccc(N3CCCC3)nc2)CO1. The summed E-state index contributed by atoms with van der Waals surface area (Å²) in [4.78, 5) is 6.86. The molecule has 3 heteroatoms. The molecule has 80 valence electrons. The first-order chi connectivity index (χ1) is 7.28. The van der Waals surface area contributed by atoms with Crippen LogP contribution < -0.4 is 4.90 Å². The zero-order valence-electron chi connectivity index (χ0n) is 9.07. The standard InChI is InChI=1S/C12H16N2O/c1-12(9-15-12)10-4-5-11(13-8-10)14-6-2-3-7-14/h4-5,8H,2-3,6-7,9H2,1H3. The van der Waals surface area contributed by atoms with Crippen LogP contribution in [0.4, 0.5) is 5.82 Å². The van der Waals surface area contributed by atoms with E-state index in [9.17, 15) is 0 Å². The molecule has 0 N–H and O–H groups in total. The van der Waals surface area contributed by atoms with E-state index in [4.69, 9.17) is 4.74 Å². The van der Waals surface area contributed by atoms with Crippen molar-refractivity contribution in [3.63, 3.8) is 0 Å². The van der Waals surface area contributed by atoms with Crippen LogP contribution in [0.2, 0.25) is 0 Å². The smallest absolute Gasteiger partial charge is 0.128 e. The van der Waals surface area contributed by atoms with Crippen LogP contribution in [0.15, 0.2) is 18.3 Å². The van der Waals surface area contributed by atoms with Gasteiger partial charge in [0.15, 0.2) is 0 Å². The van der Waals surface area contributed by atoms with Crippen LogP contribution in [0.3, 0.4) is 0 Å². The molecule has 15 heavy (non-hydrogen) atoms. The summed E-state index contributed by atoms with van der Waals surface area (Å²) >= 11 is 0. The van der Waals surface area contributed by atoms with Crippen molar-refractivity contribution in [3.05, 3.63) is 23.9 Å². The average Bonchev–Trinajstić information content (AvgIpc) is 2.84. The largest absolute Gasteiger partial charge is 0.365 e. The highest BCUT2D eigenvalue weighted by atomic mass is 16.6. The fourth-order valence-electron chi connectivity index (χ4n) is 2.11. The van der Waals surface area contributed by atoms with E-state index in [1.54, 1.807) is 0 Å². The van der Waals surface area contributed by atoms with Crippen LogP contribution in [0.25, 0.3) is 0 Å². The Balaban J connectivity index is 1.81. The minimum absolute atomic E-state index is 0.0451. The van der Waals surface area contributed by atoms with Crippen LogP contribution in [-0.4, -0.2) is 24.7 Å². The minimum atomic E-state index is -0.0451. The lowest BCUT2D eigenvalue weighted by Crippen LogP contribution is -2.19. The maximum absolute atomic E-state index is 5.39. The van der Waals surface area contributed by atoms with Gasteiger partial charge >= 0.3 is 0 Å². The average molecular weight is 204 g/mol. The van der Waals surface area contributed by atoms with E-state index in [1.165, 1.54) is 18.4 Å². The Labute approximate surface area is 90.1 Å². The van der Waals surface area contributed by atoms with Gasteiger partial charge in [-0.15, -0.1) is 0 Å². The van der Waals surface area contributed by atoms with Gasteiger partial charge in [-0.1, -0.05) is 6.07 Å². The Hall–Kier alpha value is -1.09. The predicted octanol–water partition coefficient (Wildman–Crippen LogP) is 1.93. The molecule has 1 aromatic rings. The van der Waals surface area contributed by atoms with Gasteiger partial charge in [0.2, 0.25) is 0 Å². The van der Waals surface area contributed by atoms with E-state index in [0.717, 1.165) is 25.5 Å². The quantitative estimate of drug-likeness (QED) is 0.689. The van der Waals surface area contributed by atoms with Gasteiger partial charge in [-0.2, -0.15) is 0 Å². The Morgan fingerprint density at radius 3 is 2.60 bits per heavy atom. The van der Waals surface area contributed by atoms with Gasteiger partial charge in [0.25, 0.3) is 0 Å². The number of hydrogen-bond acceptors (Lipinski definition) is 3. The summed E-state index contributed by atoms with van der Waals surface area (Å²) < 4.78 is 5.39. The molecule has 0 bridgehead atoms. The van der Waals surface area contributed by atoms with E-state index in [1.807, 2.05) is 6.20 Å². The molecule has 0 aromatic carbocycles. The molecule has 0 amide bonds. The zero-order valence-corrected chi connectivity index (χ0v) is 9.07. The highest BCUT2D eigenvalue weighted by Crippen LogP contribution is 2.37. The van der Waals surface area contributed by atoms with Crippen LogP contribution in [0, 0.1) is 0 Å². The fraction of sp³-hybridized carbons (Fsp3) is 0.583. The molecule has 0 saturated carbocycles. The molecule has 2 fully saturated rings. The minimum Gasteiger partial charge on any atom is -0.365 e. The number of nitrogens with zero attached hydrogens (tertiary/aromatic N) is 2. The zero-order chi connectivity index (χ0) is 10.3. The third-order valence-corrected chi connectivity index (χ3v) is 3.37. The molecule has 0 radical (unpaired) electrons. The third kappa shape index (κ3) is 1.61. The van der Waals surface area contributed by atoms with E-state index >= 15 is 0 Å². The molecule has 2 aliphatic rings. The van der Waals surface area contributed by atoms with Gasteiger partial charge in [0, 0.05) is 24.8 Å². The maximum atomic E-state index is 5.39. The molecule has 3 rings (SSSR count). The molecule has 1 unspecified atom stereocenters. The highest BCUT2D eigenvalue weighted by Gasteiger charge is 2.41. The van der Waals surface area contributed by atoms with Crippen molar-refractivity contribution in [1.29, 1.82) is 0 Å². The lowest BCUT2D eigenvalue weighted by atomic mass is 10.1. The van der Waals surface area contributed by atoms with Crippen molar-refractivity contribution in [2.45, 2.75) is 25.4 Å². The first-order valence-electron chi connectivity index (χ1n) is 5.63. The maximum Gasteiger partial charge on any atom is 0.128 e. The second-order valence-corrected chi connectivity index (χ2v) is 4.62. The van der Waals surface area contributed by atoms with E-state index < -0.39 is 0 Å². The second-order valence-electron chi connectivity index (χ2n) is 4.62. The summed E-state index contributed by atoms with van der Waals surface area (Å²) in [5.41, 5.74) is 1.15. The van der Waals surface area contributed by atoms with Crippen molar-refractivity contribution in [2.75, 3.05) is 24.6 Å². The van der Waals surface area contributed by atoms with Crippen LogP contribution >= 0.6 is 0 Å². The van der Waals surface area contributed by atoms with Gasteiger partial charge in [-0.3, -0.25) is 0 Å². The molecular formula is C12H16N2O. The Morgan fingerprint density at radius 2 is 2.07 bits per heavy atom. The molecule has 2 aliphatic heterocycles. The summed E-state index contributed by atoms with van der Waals surface area (Å²) in [6, 6.07) is 4.27. The summed E-state index contributed by atoms with van der Waals surface area (Å²) in [6.07, 6.45) is 4.55. The molecule has 0 spiro atoms. The monoisotopic (exact) mass is 204 g/mol. The summed E-state index contributed by atoms with van der Waals surface area (Å²) in [5, 5.41) is 0. The first-order valence-corrected chi connectivity index (χ1v) is 5.63. The number of rotatable bonds is 2. The molecule has 0 aliphatic carbocycles. The molecule has 3 heterocycles. The summed E-state index contributed by atoms with van der Waals surface area (Å²) in [6.45, 7) is 5.25. The lowest BCUT2D eigenvalue weighted by molar-refractivity contribution is 0.329. The number of pyridine rings is 1. The highest BCUT2D eigenvalue weighted by molar-refractivity contribution is 5.41. The van der Waals surface area contributed by atoms with Crippen LogP contribution in [0.1, 0.15) is 25.3 Å². The van der Waals surface area contributed by atoms with Crippen LogP contribution in [-0.2, 0) is 10.3 Å². The molecule has 1 atom stereocenters. The Kier molecular flexibility index (Phi) is 1.96. The van der Waals surface area contributed by atoms with Gasteiger partial charge < -0.3 is 9.64 Å². The number of hydrogen-bond donors (Lipinski definition) is 0.